The molecule has 0 unspecified atom stereocenters. The van der Waals surface area contributed by atoms with Crippen LogP contribution in [-0.2, 0) is 20.0 Å². The van der Waals surface area contributed by atoms with Gasteiger partial charge in [-0.2, -0.15) is 10.1 Å². The second-order valence-electron chi connectivity index (χ2n) is 6.39. The molecule has 0 fully saturated rings. The Morgan fingerprint density at radius 2 is 1.96 bits per heavy atom. The molecule has 0 N–H and O–H groups in total. The number of hydrogen-bond donors (Lipinski definition) is 0. The lowest BCUT2D eigenvalue weighted by atomic mass is 10.0. The van der Waals surface area contributed by atoms with Gasteiger partial charge in [0.25, 0.3) is 11.8 Å². The molecule has 1 aliphatic rings. The zero-order valence-electron chi connectivity index (χ0n) is 14.5. The van der Waals surface area contributed by atoms with Gasteiger partial charge in [-0.1, -0.05) is 22.9 Å². The maximum atomic E-state index is 12.8. The van der Waals surface area contributed by atoms with Crippen LogP contribution in [0.2, 0.25) is 0 Å². The summed E-state index contributed by atoms with van der Waals surface area (Å²) in [4.78, 5) is 19.0. The molecule has 7 nitrogen and oxygen atoms in total. The fraction of sp³-hybridized carbons (Fsp3) is 0.333. The minimum Gasteiger partial charge on any atom is -0.334 e. The summed E-state index contributed by atoms with van der Waals surface area (Å²) >= 11 is 0. The van der Waals surface area contributed by atoms with Crippen LogP contribution in [0.25, 0.3) is 11.6 Å². The molecular weight excluding hydrogens is 318 g/mol. The zero-order valence-corrected chi connectivity index (χ0v) is 14.5. The van der Waals surface area contributed by atoms with E-state index in [0.717, 1.165) is 23.2 Å². The average molecular weight is 337 g/mol. The van der Waals surface area contributed by atoms with Crippen molar-refractivity contribution in [3.05, 3.63) is 52.5 Å². The van der Waals surface area contributed by atoms with Crippen molar-refractivity contribution in [1.82, 2.24) is 24.8 Å². The molecule has 0 saturated heterocycles. The van der Waals surface area contributed by atoms with Crippen LogP contribution in [0.15, 0.2) is 28.8 Å². The molecule has 7 heteroatoms. The molecule has 4 rings (SSSR count). The van der Waals surface area contributed by atoms with E-state index in [1.807, 2.05) is 47.8 Å². The molecule has 0 aliphatic carbocycles. The van der Waals surface area contributed by atoms with Crippen LogP contribution in [0.5, 0.6) is 0 Å². The number of carbonyl (C=O) groups is 1. The first kappa shape index (κ1) is 15.6. The second kappa shape index (κ2) is 5.84. The van der Waals surface area contributed by atoms with Gasteiger partial charge in [-0.05, 0) is 26.0 Å². The van der Waals surface area contributed by atoms with Crippen LogP contribution < -0.4 is 0 Å². The maximum Gasteiger partial charge on any atom is 0.278 e. The molecule has 0 spiro atoms. The molecule has 25 heavy (non-hydrogen) atoms. The van der Waals surface area contributed by atoms with Gasteiger partial charge in [-0.15, -0.1) is 0 Å². The number of nitrogens with zero attached hydrogens (tertiary/aromatic N) is 5. The Kier molecular flexibility index (Phi) is 3.63. The molecule has 0 radical (unpaired) electrons. The quantitative estimate of drug-likeness (QED) is 0.717. The summed E-state index contributed by atoms with van der Waals surface area (Å²) in [5, 5.41) is 8.38. The van der Waals surface area contributed by atoms with Gasteiger partial charge in [0.1, 0.15) is 0 Å². The Morgan fingerprint density at radius 1 is 1.20 bits per heavy atom. The van der Waals surface area contributed by atoms with Gasteiger partial charge >= 0.3 is 0 Å². The van der Waals surface area contributed by atoms with Crippen LogP contribution in [0.4, 0.5) is 0 Å². The third-order valence-corrected chi connectivity index (χ3v) is 4.56. The monoisotopic (exact) mass is 337 g/mol. The van der Waals surface area contributed by atoms with E-state index in [9.17, 15) is 4.79 Å². The van der Waals surface area contributed by atoms with E-state index in [0.29, 0.717) is 36.1 Å². The fourth-order valence-electron chi connectivity index (χ4n) is 3.21. The highest BCUT2D eigenvalue weighted by molar-refractivity contribution is 5.94. The fourth-order valence-corrected chi connectivity index (χ4v) is 3.21. The predicted octanol–water partition coefficient (Wildman–Crippen LogP) is 2.29. The van der Waals surface area contributed by atoms with Crippen molar-refractivity contribution in [3.8, 4) is 11.6 Å². The Morgan fingerprint density at radius 3 is 2.64 bits per heavy atom. The Labute approximate surface area is 145 Å². The standard InChI is InChI=1S/C18H19N5O2/c1-11-4-6-13(7-5-11)18(24)23-9-8-15-14(10-23)16(20-22(15)3)17-19-12(2)21-25-17/h4-7H,8-10H2,1-3H3. The van der Waals surface area contributed by atoms with E-state index in [1.165, 1.54) is 0 Å². The Bertz CT molecular complexity index is 939. The third kappa shape index (κ3) is 2.71. The first-order chi connectivity index (χ1) is 12.0. The van der Waals surface area contributed by atoms with Gasteiger partial charge in [0, 0.05) is 36.8 Å². The van der Waals surface area contributed by atoms with Crippen molar-refractivity contribution in [2.75, 3.05) is 6.54 Å². The summed E-state index contributed by atoms with van der Waals surface area (Å²) in [6.07, 6.45) is 0.754. The van der Waals surface area contributed by atoms with E-state index in [1.54, 1.807) is 6.92 Å². The Hall–Kier alpha value is -2.96. The molecule has 0 saturated carbocycles. The van der Waals surface area contributed by atoms with Gasteiger partial charge in [0.15, 0.2) is 11.5 Å². The van der Waals surface area contributed by atoms with E-state index in [-0.39, 0.29) is 5.91 Å². The summed E-state index contributed by atoms with van der Waals surface area (Å²) in [6.45, 7) is 4.94. The number of amides is 1. The van der Waals surface area contributed by atoms with E-state index < -0.39 is 0 Å². The van der Waals surface area contributed by atoms with Crippen LogP contribution >= 0.6 is 0 Å². The second-order valence-corrected chi connectivity index (χ2v) is 6.39. The topological polar surface area (TPSA) is 77.1 Å². The molecule has 0 bridgehead atoms. The third-order valence-electron chi connectivity index (χ3n) is 4.56. The SMILES string of the molecule is Cc1ccc(C(=O)N2CCc3c(c(-c4nc(C)no4)nn3C)C2)cc1. The number of hydrogen-bond acceptors (Lipinski definition) is 5. The molecule has 2 aromatic heterocycles. The summed E-state index contributed by atoms with van der Waals surface area (Å²) in [5.74, 6) is 0.999. The van der Waals surface area contributed by atoms with Crippen molar-refractivity contribution >= 4 is 5.91 Å². The predicted molar refractivity (Wildman–Crippen MR) is 90.9 cm³/mol. The Balaban J connectivity index is 1.66. The molecule has 3 aromatic rings. The molecule has 3 heterocycles. The number of rotatable bonds is 2. The van der Waals surface area contributed by atoms with Gasteiger partial charge in [0.2, 0.25) is 0 Å². The molecule has 1 aromatic carbocycles. The summed E-state index contributed by atoms with van der Waals surface area (Å²) in [7, 11) is 1.91. The van der Waals surface area contributed by atoms with E-state index >= 15 is 0 Å². The van der Waals surface area contributed by atoms with Gasteiger partial charge < -0.3 is 9.42 Å². The average Bonchev–Trinajstić information content (AvgIpc) is 3.18. The lowest BCUT2D eigenvalue weighted by molar-refractivity contribution is 0.0733. The summed E-state index contributed by atoms with van der Waals surface area (Å²) in [6, 6.07) is 7.66. The number of carbonyl (C=O) groups excluding carboxylic acids is 1. The number of fused-ring (bicyclic) bond motifs is 1. The molecule has 1 aliphatic heterocycles. The molecule has 0 atom stereocenters. The number of aromatic nitrogens is 4. The van der Waals surface area contributed by atoms with Gasteiger partial charge in [0.05, 0.1) is 6.54 Å². The number of aryl methyl sites for hydroxylation is 3. The first-order valence-corrected chi connectivity index (χ1v) is 8.24. The van der Waals surface area contributed by atoms with Gasteiger partial charge in [-0.3, -0.25) is 9.48 Å². The van der Waals surface area contributed by atoms with Crippen molar-refractivity contribution < 1.29 is 9.32 Å². The normalized spacial score (nSPS) is 13.8. The van der Waals surface area contributed by atoms with Crippen molar-refractivity contribution in [1.29, 1.82) is 0 Å². The van der Waals surface area contributed by atoms with E-state index in [4.69, 9.17) is 4.52 Å². The smallest absolute Gasteiger partial charge is 0.278 e. The van der Waals surface area contributed by atoms with Crippen LogP contribution in [0, 0.1) is 13.8 Å². The van der Waals surface area contributed by atoms with Crippen molar-refractivity contribution in [2.24, 2.45) is 7.05 Å². The first-order valence-electron chi connectivity index (χ1n) is 8.24. The highest BCUT2D eigenvalue weighted by Crippen LogP contribution is 2.29. The zero-order chi connectivity index (χ0) is 17.6. The highest BCUT2D eigenvalue weighted by Gasteiger charge is 2.29. The maximum absolute atomic E-state index is 12.8. The molecule has 1 amide bonds. The van der Waals surface area contributed by atoms with Crippen molar-refractivity contribution in [3.63, 3.8) is 0 Å². The minimum absolute atomic E-state index is 0.0298. The van der Waals surface area contributed by atoms with Crippen molar-refractivity contribution in [2.45, 2.75) is 26.8 Å². The minimum atomic E-state index is 0.0298. The lowest BCUT2D eigenvalue weighted by Gasteiger charge is -2.27. The summed E-state index contributed by atoms with van der Waals surface area (Å²) in [5.41, 5.74) is 4.60. The highest BCUT2D eigenvalue weighted by atomic mass is 16.5. The molecular formula is C18H19N5O2. The largest absolute Gasteiger partial charge is 0.334 e. The van der Waals surface area contributed by atoms with Crippen LogP contribution in [0.3, 0.4) is 0 Å². The number of benzene rings is 1. The molecule has 128 valence electrons. The summed E-state index contributed by atoms with van der Waals surface area (Å²) < 4.78 is 7.13. The van der Waals surface area contributed by atoms with Crippen LogP contribution in [-0.4, -0.2) is 37.3 Å². The van der Waals surface area contributed by atoms with E-state index in [2.05, 4.69) is 15.2 Å². The van der Waals surface area contributed by atoms with Crippen LogP contribution in [0.1, 0.15) is 33.0 Å². The lowest BCUT2D eigenvalue weighted by Crippen LogP contribution is -2.36. The van der Waals surface area contributed by atoms with Gasteiger partial charge in [-0.25, -0.2) is 0 Å².